The Morgan fingerprint density at radius 3 is 2.58 bits per heavy atom. The highest BCUT2D eigenvalue weighted by molar-refractivity contribution is 5.99. The van der Waals surface area contributed by atoms with Crippen LogP contribution in [0.3, 0.4) is 0 Å². The maximum Gasteiger partial charge on any atom is 0.256 e. The third-order valence-corrected chi connectivity index (χ3v) is 9.00. The molecule has 3 saturated heterocycles. The number of ether oxygens (including phenoxy) is 2. The van der Waals surface area contributed by atoms with Gasteiger partial charge in [0.15, 0.2) is 12.0 Å². The number of nitrogens with one attached hydrogen (secondary N) is 1. The lowest BCUT2D eigenvalue weighted by Gasteiger charge is -2.43. The number of alkyl halides is 1. The van der Waals surface area contributed by atoms with Gasteiger partial charge in [0.2, 0.25) is 5.95 Å². The Hall–Kier alpha value is -5.39. The second-order valence-corrected chi connectivity index (χ2v) is 12.0. The highest BCUT2D eigenvalue weighted by Crippen LogP contribution is 2.29. The lowest BCUT2D eigenvalue weighted by molar-refractivity contribution is -0.0660. The average Bonchev–Trinajstić information content (AvgIpc) is 3.09. The van der Waals surface area contributed by atoms with Gasteiger partial charge in [0.1, 0.15) is 24.3 Å². The number of halogens is 1. The quantitative estimate of drug-likeness (QED) is 0.287. The van der Waals surface area contributed by atoms with Gasteiger partial charge in [0, 0.05) is 62.3 Å². The van der Waals surface area contributed by atoms with Crippen molar-refractivity contribution in [2.24, 2.45) is 0 Å². The van der Waals surface area contributed by atoms with Crippen molar-refractivity contribution in [1.82, 2.24) is 29.7 Å². The van der Waals surface area contributed by atoms with Gasteiger partial charge in [-0.3, -0.25) is 14.7 Å². The highest BCUT2D eigenvalue weighted by Gasteiger charge is 2.34. The van der Waals surface area contributed by atoms with Crippen LogP contribution in [-0.4, -0.2) is 106 Å². The van der Waals surface area contributed by atoms with Crippen molar-refractivity contribution in [2.75, 3.05) is 68.4 Å². The number of aromatic nitrogens is 4. The largest absolute Gasteiger partial charge is 0.486 e. The fraction of sp³-hybridized carbons (Fsp3) is 0.353. The second-order valence-electron chi connectivity index (χ2n) is 12.0. The predicted octanol–water partition coefficient (Wildman–Crippen LogP) is 3.28. The summed E-state index contributed by atoms with van der Waals surface area (Å²) in [4.78, 5) is 36.2. The van der Waals surface area contributed by atoms with Crippen molar-refractivity contribution in [3.8, 4) is 23.2 Å². The molecule has 3 fully saturated rings. The predicted molar refractivity (Wildman–Crippen MR) is 177 cm³/mol. The molecular formula is C34H35FN10O3. The molecule has 4 aromatic rings. The second kappa shape index (κ2) is 13.8. The van der Waals surface area contributed by atoms with Crippen LogP contribution in [0, 0.1) is 11.3 Å². The van der Waals surface area contributed by atoms with Crippen LogP contribution in [0.4, 0.5) is 27.4 Å². The standard InChI is InChI=1S/C34H35FN10O3/c35-28-18-45(33(46)27-7-9-38-17-29(27)37)10-8-31(28)48-30-6-1-22(15-23(30)16-36)32-39-21-40-34(42-32)41-24-2-4-25(5-3-24)43-11-13-44(14-12-43)26-19-47-20-26/h1-7,9,15,17,21,26,28,31H,8,10-14,18-20,37H2,(H,39,40,41,42)/t28-,31-/m0/s1. The number of amides is 1. The first-order chi connectivity index (χ1) is 23.4. The van der Waals surface area contributed by atoms with Crippen molar-refractivity contribution in [2.45, 2.75) is 24.7 Å². The normalized spacial score (nSPS) is 20.1. The summed E-state index contributed by atoms with van der Waals surface area (Å²) in [6.45, 7) is 5.84. The van der Waals surface area contributed by atoms with Gasteiger partial charge >= 0.3 is 0 Å². The summed E-state index contributed by atoms with van der Waals surface area (Å²) in [5.74, 6) is 0.620. The molecule has 0 radical (unpaired) electrons. The molecule has 7 rings (SSSR count). The van der Waals surface area contributed by atoms with Crippen molar-refractivity contribution >= 4 is 28.9 Å². The Bertz CT molecular complexity index is 1810. The van der Waals surface area contributed by atoms with Gasteiger partial charge in [0.05, 0.1) is 48.8 Å². The minimum absolute atomic E-state index is 0.151. The molecule has 0 unspecified atom stereocenters. The maximum absolute atomic E-state index is 15.2. The summed E-state index contributed by atoms with van der Waals surface area (Å²) in [5.41, 5.74) is 9.21. The van der Waals surface area contributed by atoms with Crippen LogP contribution in [0.1, 0.15) is 22.3 Å². The van der Waals surface area contributed by atoms with E-state index in [4.69, 9.17) is 15.2 Å². The molecule has 3 aliphatic rings. The van der Waals surface area contributed by atoms with E-state index in [1.165, 1.54) is 35.4 Å². The van der Waals surface area contributed by atoms with Gasteiger partial charge in [-0.2, -0.15) is 10.2 Å². The molecule has 14 heteroatoms. The van der Waals surface area contributed by atoms with Gasteiger partial charge in [-0.25, -0.2) is 14.4 Å². The van der Waals surface area contributed by atoms with E-state index in [1.54, 1.807) is 18.2 Å². The number of nitriles is 1. The zero-order valence-electron chi connectivity index (χ0n) is 26.2. The topological polar surface area (TPSA) is 159 Å². The molecule has 1 amide bonds. The first-order valence-corrected chi connectivity index (χ1v) is 15.9. The van der Waals surface area contributed by atoms with E-state index in [2.05, 4.69) is 53.3 Å². The number of nitrogens with zero attached hydrogens (tertiary/aromatic N) is 8. The summed E-state index contributed by atoms with van der Waals surface area (Å²) >= 11 is 0. The van der Waals surface area contributed by atoms with Crippen LogP contribution in [0.2, 0.25) is 0 Å². The Balaban J connectivity index is 0.966. The molecule has 2 atom stereocenters. The van der Waals surface area contributed by atoms with Crippen molar-refractivity contribution in [3.63, 3.8) is 0 Å². The number of benzene rings is 2. The Morgan fingerprint density at radius 1 is 1.06 bits per heavy atom. The third-order valence-electron chi connectivity index (χ3n) is 9.00. The van der Waals surface area contributed by atoms with E-state index in [1.807, 2.05) is 12.1 Å². The van der Waals surface area contributed by atoms with Crippen LogP contribution in [0.15, 0.2) is 67.3 Å². The summed E-state index contributed by atoms with van der Waals surface area (Å²) in [6, 6.07) is 17.3. The molecule has 2 aromatic carbocycles. The van der Waals surface area contributed by atoms with Crippen LogP contribution in [0.25, 0.3) is 11.4 Å². The summed E-state index contributed by atoms with van der Waals surface area (Å²) in [6.07, 6.45) is 2.24. The van der Waals surface area contributed by atoms with Crippen LogP contribution in [0.5, 0.6) is 5.75 Å². The number of nitrogens with two attached hydrogens (primary N) is 1. The Morgan fingerprint density at radius 2 is 1.88 bits per heavy atom. The van der Waals surface area contributed by atoms with Gasteiger partial charge in [0.25, 0.3) is 5.91 Å². The van der Waals surface area contributed by atoms with Crippen LogP contribution < -0.4 is 20.7 Å². The number of rotatable bonds is 8. The van der Waals surface area contributed by atoms with Gasteiger partial charge < -0.3 is 30.3 Å². The van der Waals surface area contributed by atoms with E-state index in [0.717, 1.165) is 45.1 Å². The SMILES string of the molecule is N#Cc1cc(-c2ncnc(Nc3ccc(N4CCN(C5COC5)CC4)cc3)n2)ccc1O[C@H]1CCN(C(=O)c2ccncc2N)C[C@@H]1F. The van der Waals surface area contributed by atoms with E-state index in [-0.39, 0.29) is 48.0 Å². The minimum atomic E-state index is -1.46. The molecule has 246 valence electrons. The summed E-state index contributed by atoms with van der Waals surface area (Å²) in [7, 11) is 0. The number of anilines is 4. The first kappa shape index (κ1) is 31.2. The Labute approximate surface area is 277 Å². The number of piperidine rings is 1. The van der Waals surface area contributed by atoms with Crippen molar-refractivity contribution in [3.05, 3.63) is 78.4 Å². The molecule has 3 aliphatic heterocycles. The first-order valence-electron chi connectivity index (χ1n) is 15.9. The molecule has 48 heavy (non-hydrogen) atoms. The summed E-state index contributed by atoms with van der Waals surface area (Å²) in [5, 5.41) is 13.1. The third kappa shape index (κ3) is 6.69. The zero-order chi connectivity index (χ0) is 33.0. The van der Waals surface area contributed by atoms with Gasteiger partial charge in [-0.15, -0.1) is 0 Å². The Kier molecular flexibility index (Phi) is 8.95. The molecule has 5 heterocycles. The number of hydrogen-bond acceptors (Lipinski definition) is 12. The van der Waals surface area contributed by atoms with Crippen molar-refractivity contribution in [1.29, 1.82) is 5.26 Å². The van der Waals surface area contributed by atoms with Gasteiger partial charge in [-0.1, -0.05) is 0 Å². The average molecular weight is 651 g/mol. The molecule has 0 saturated carbocycles. The molecule has 2 aromatic heterocycles. The fourth-order valence-electron chi connectivity index (χ4n) is 6.15. The minimum Gasteiger partial charge on any atom is -0.486 e. The van der Waals surface area contributed by atoms with E-state index in [9.17, 15) is 10.1 Å². The van der Waals surface area contributed by atoms with E-state index >= 15 is 4.39 Å². The lowest BCUT2D eigenvalue weighted by atomic mass is 10.0. The number of piperazine rings is 1. The van der Waals surface area contributed by atoms with E-state index < -0.39 is 12.3 Å². The number of carbonyl (C=O) groups is 1. The van der Waals surface area contributed by atoms with Crippen molar-refractivity contribution < 1.29 is 18.7 Å². The molecule has 0 aliphatic carbocycles. The van der Waals surface area contributed by atoms with Crippen LogP contribution in [-0.2, 0) is 4.74 Å². The van der Waals surface area contributed by atoms with E-state index in [0.29, 0.717) is 23.4 Å². The molecular weight excluding hydrogens is 615 g/mol. The molecule has 0 bridgehead atoms. The summed E-state index contributed by atoms with van der Waals surface area (Å²) < 4.78 is 26.6. The fourth-order valence-corrected chi connectivity index (χ4v) is 6.15. The smallest absolute Gasteiger partial charge is 0.256 e. The number of hydrogen-bond donors (Lipinski definition) is 2. The number of pyridine rings is 1. The molecule has 0 spiro atoms. The zero-order valence-corrected chi connectivity index (χ0v) is 26.2. The van der Waals surface area contributed by atoms with Gasteiger partial charge in [-0.05, 0) is 48.5 Å². The number of nitrogen functional groups attached to an aromatic ring is 1. The lowest BCUT2D eigenvalue weighted by Crippen LogP contribution is -2.56. The maximum atomic E-state index is 15.2. The molecule has 13 nitrogen and oxygen atoms in total. The highest BCUT2D eigenvalue weighted by atomic mass is 19.1. The van der Waals surface area contributed by atoms with Crippen LogP contribution >= 0.6 is 0 Å². The monoisotopic (exact) mass is 650 g/mol. The number of likely N-dealkylation sites (tertiary alicyclic amines) is 1. The molecule has 3 N–H and O–H groups in total. The number of carbonyl (C=O) groups excluding carboxylic acids is 1.